The van der Waals surface area contributed by atoms with Gasteiger partial charge >= 0.3 is 11.9 Å². The van der Waals surface area contributed by atoms with E-state index >= 15 is 0 Å². The Morgan fingerprint density at radius 2 is 1.80 bits per heavy atom. The molecule has 2 unspecified atom stereocenters. The molecular weight excluding hydrogens is 272 g/mol. The second kappa shape index (κ2) is 5.89. The van der Waals surface area contributed by atoms with Crippen molar-refractivity contribution in [2.24, 2.45) is 5.92 Å². The molecule has 1 heterocycles. The van der Waals surface area contributed by atoms with Crippen LogP contribution in [0.1, 0.15) is 17.9 Å². The largest absolute Gasteiger partial charge is 0.420 e. The van der Waals surface area contributed by atoms with Crippen molar-refractivity contribution in [1.82, 2.24) is 0 Å². The maximum absolute atomic E-state index is 11.9. The van der Waals surface area contributed by atoms with E-state index in [0.717, 1.165) is 11.6 Å². The van der Waals surface area contributed by atoms with Crippen molar-refractivity contribution in [2.45, 2.75) is 31.5 Å². The lowest BCUT2D eigenvalue weighted by Gasteiger charge is -2.22. The molecule has 2 rings (SSSR count). The summed E-state index contributed by atoms with van der Waals surface area (Å²) in [6.45, 7) is 4.21. The van der Waals surface area contributed by atoms with Gasteiger partial charge in [-0.25, -0.2) is 0 Å². The zero-order chi connectivity index (χ0) is 14.8. The van der Waals surface area contributed by atoms with Gasteiger partial charge in [0.25, 0.3) is 0 Å². The van der Waals surface area contributed by atoms with E-state index in [-0.39, 0.29) is 5.92 Å². The number of ether oxygens (including phenoxy) is 1. The maximum atomic E-state index is 11.9. The molecule has 1 fully saturated rings. The van der Waals surface area contributed by atoms with E-state index in [4.69, 9.17) is 9.16 Å². The molecule has 108 valence electrons. The highest BCUT2D eigenvalue weighted by atomic mass is 28.4. The van der Waals surface area contributed by atoms with Crippen molar-refractivity contribution in [3.05, 3.63) is 35.9 Å². The van der Waals surface area contributed by atoms with Crippen molar-refractivity contribution in [1.29, 1.82) is 0 Å². The van der Waals surface area contributed by atoms with Crippen LogP contribution in [0.4, 0.5) is 0 Å². The maximum Gasteiger partial charge on any atom is 0.321 e. The standard InChI is InChI=1S/C15H20O4Si/c1-18-20(2,3)10-9-12-13(15(17)19-14(12)16)11-7-5-4-6-8-11/h4-8,12-13H,9-10H2,1-3H3. The summed E-state index contributed by atoms with van der Waals surface area (Å²) in [5, 5.41) is 0. The number of carbonyl (C=O) groups is 2. The topological polar surface area (TPSA) is 52.6 Å². The number of hydrogen-bond acceptors (Lipinski definition) is 4. The second-order valence-corrected chi connectivity index (χ2v) is 10.2. The van der Waals surface area contributed by atoms with Crippen molar-refractivity contribution < 1.29 is 18.8 Å². The Balaban J connectivity index is 2.17. The summed E-state index contributed by atoms with van der Waals surface area (Å²) in [5.41, 5.74) is 0.852. The van der Waals surface area contributed by atoms with Gasteiger partial charge in [-0.05, 0) is 31.1 Å². The monoisotopic (exact) mass is 292 g/mol. The molecule has 0 N–H and O–H groups in total. The van der Waals surface area contributed by atoms with E-state index in [0.29, 0.717) is 6.42 Å². The van der Waals surface area contributed by atoms with Crippen LogP contribution in [-0.4, -0.2) is 27.4 Å². The minimum atomic E-state index is -1.75. The normalized spacial score (nSPS) is 22.9. The van der Waals surface area contributed by atoms with E-state index in [1.54, 1.807) is 7.11 Å². The summed E-state index contributed by atoms with van der Waals surface area (Å²) in [6, 6.07) is 10.2. The molecule has 1 aliphatic rings. The summed E-state index contributed by atoms with van der Waals surface area (Å²) in [5.74, 6) is -1.68. The Kier molecular flexibility index (Phi) is 4.40. The Morgan fingerprint density at radius 1 is 1.15 bits per heavy atom. The highest BCUT2D eigenvalue weighted by Crippen LogP contribution is 2.37. The van der Waals surface area contributed by atoms with Gasteiger partial charge in [-0.3, -0.25) is 9.59 Å². The van der Waals surface area contributed by atoms with Crippen LogP contribution in [0.5, 0.6) is 0 Å². The van der Waals surface area contributed by atoms with Crippen LogP contribution >= 0.6 is 0 Å². The molecule has 0 aliphatic carbocycles. The Labute approximate surface area is 120 Å². The summed E-state index contributed by atoms with van der Waals surface area (Å²) in [7, 11) is -0.0387. The average molecular weight is 292 g/mol. The van der Waals surface area contributed by atoms with Gasteiger partial charge in [-0.15, -0.1) is 0 Å². The van der Waals surface area contributed by atoms with Gasteiger partial charge in [-0.2, -0.15) is 0 Å². The third-order valence-corrected chi connectivity index (χ3v) is 6.53. The third kappa shape index (κ3) is 3.16. The van der Waals surface area contributed by atoms with Gasteiger partial charge < -0.3 is 9.16 Å². The molecular formula is C15H20O4Si. The number of cyclic esters (lactones) is 2. The molecule has 1 aromatic carbocycles. The number of hydrogen-bond donors (Lipinski definition) is 0. The van der Waals surface area contributed by atoms with Gasteiger partial charge in [0.2, 0.25) is 0 Å². The fraction of sp³-hybridized carbons (Fsp3) is 0.467. The van der Waals surface area contributed by atoms with Crippen LogP contribution in [0.3, 0.4) is 0 Å². The molecule has 0 radical (unpaired) electrons. The van der Waals surface area contributed by atoms with Gasteiger partial charge in [0.1, 0.15) is 0 Å². The minimum Gasteiger partial charge on any atom is -0.420 e. The van der Waals surface area contributed by atoms with Crippen LogP contribution in [0.15, 0.2) is 30.3 Å². The SMILES string of the molecule is CO[Si](C)(C)CCC1C(=O)OC(=O)C1c1ccccc1. The molecule has 0 saturated carbocycles. The van der Waals surface area contributed by atoms with Gasteiger partial charge in [0, 0.05) is 7.11 Å². The van der Waals surface area contributed by atoms with E-state index in [2.05, 4.69) is 13.1 Å². The summed E-state index contributed by atoms with van der Waals surface area (Å²) in [6.07, 6.45) is 0.636. The molecule has 4 nitrogen and oxygen atoms in total. The highest BCUT2D eigenvalue weighted by Gasteiger charge is 2.45. The third-order valence-electron chi connectivity index (χ3n) is 3.93. The number of benzene rings is 1. The molecule has 0 aromatic heterocycles. The quantitative estimate of drug-likeness (QED) is 0.476. The molecule has 2 atom stereocenters. The average Bonchev–Trinajstić information content (AvgIpc) is 2.72. The Bertz CT molecular complexity index is 498. The highest BCUT2D eigenvalue weighted by molar-refractivity contribution is 6.71. The van der Waals surface area contributed by atoms with Gasteiger partial charge in [0.15, 0.2) is 8.32 Å². The van der Waals surface area contributed by atoms with Gasteiger partial charge in [-0.1, -0.05) is 30.3 Å². The zero-order valence-electron chi connectivity index (χ0n) is 12.1. The molecule has 20 heavy (non-hydrogen) atoms. The van der Waals surface area contributed by atoms with Gasteiger partial charge in [0.05, 0.1) is 11.8 Å². The molecule has 1 aliphatic heterocycles. The van der Waals surface area contributed by atoms with Crippen LogP contribution < -0.4 is 0 Å². The number of rotatable bonds is 5. The van der Waals surface area contributed by atoms with Crippen molar-refractivity contribution in [3.63, 3.8) is 0 Å². The van der Waals surface area contributed by atoms with E-state index in [9.17, 15) is 9.59 Å². The van der Waals surface area contributed by atoms with Crippen LogP contribution in [0, 0.1) is 5.92 Å². The predicted octanol–water partition coefficient (Wildman–Crippen LogP) is 2.71. The first-order chi connectivity index (χ1) is 9.44. The van der Waals surface area contributed by atoms with Crippen LogP contribution in [-0.2, 0) is 18.8 Å². The molecule has 1 saturated heterocycles. The summed E-state index contributed by atoms with van der Waals surface area (Å²) in [4.78, 5) is 23.8. The minimum absolute atomic E-state index is 0.383. The van der Waals surface area contributed by atoms with E-state index in [1.165, 1.54) is 0 Å². The van der Waals surface area contributed by atoms with E-state index < -0.39 is 26.2 Å². The zero-order valence-corrected chi connectivity index (χ0v) is 13.1. The number of carbonyl (C=O) groups excluding carboxylic acids is 2. The molecule has 0 bridgehead atoms. The number of esters is 2. The first-order valence-electron chi connectivity index (χ1n) is 6.80. The van der Waals surface area contributed by atoms with Crippen LogP contribution in [0.25, 0.3) is 0 Å². The van der Waals surface area contributed by atoms with Crippen molar-refractivity contribution >= 4 is 20.3 Å². The van der Waals surface area contributed by atoms with Crippen LogP contribution in [0.2, 0.25) is 19.1 Å². The lowest BCUT2D eigenvalue weighted by molar-refractivity contribution is -0.153. The molecule has 0 amide bonds. The molecule has 5 heteroatoms. The molecule has 1 aromatic rings. The van der Waals surface area contributed by atoms with Crippen molar-refractivity contribution in [2.75, 3.05) is 7.11 Å². The second-order valence-electron chi connectivity index (χ2n) is 5.74. The van der Waals surface area contributed by atoms with Crippen molar-refractivity contribution in [3.8, 4) is 0 Å². The Hall–Kier alpha value is -1.46. The fourth-order valence-electron chi connectivity index (χ4n) is 2.46. The predicted molar refractivity (Wildman–Crippen MR) is 77.7 cm³/mol. The lowest BCUT2D eigenvalue weighted by Crippen LogP contribution is -2.30. The first kappa shape index (κ1) is 14.9. The first-order valence-corrected chi connectivity index (χ1v) is 9.92. The summed E-state index contributed by atoms with van der Waals surface area (Å²) < 4.78 is 10.3. The lowest BCUT2D eigenvalue weighted by atomic mass is 9.86. The van der Waals surface area contributed by atoms with E-state index in [1.807, 2.05) is 30.3 Å². The fourth-order valence-corrected chi connectivity index (χ4v) is 3.67. The summed E-state index contributed by atoms with van der Waals surface area (Å²) >= 11 is 0. The smallest absolute Gasteiger partial charge is 0.321 e. The Morgan fingerprint density at radius 3 is 2.40 bits per heavy atom. The molecule has 0 spiro atoms.